The highest BCUT2D eigenvalue weighted by molar-refractivity contribution is 7.22. The van der Waals surface area contributed by atoms with E-state index >= 15 is 0 Å². The van der Waals surface area contributed by atoms with Gasteiger partial charge in [-0.1, -0.05) is 11.3 Å². The predicted molar refractivity (Wildman–Crippen MR) is 138 cm³/mol. The van der Waals surface area contributed by atoms with Crippen LogP contribution in [0.3, 0.4) is 0 Å². The van der Waals surface area contributed by atoms with Gasteiger partial charge in [0.1, 0.15) is 22.8 Å². The summed E-state index contributed by atoms with van der Waals surface area (Å²) in [5.74, 6) is 1.00. The van der Waals surface area contributed by atoms with Crippen LogP contribution in [0.15, 0.2) is 66.1 Å². The third kappa shape index (κ3) is 4.93. The fourth-order valence-electron chi connectivity index (χ4n) is 3.49. The van der Waals surface area contributed by atoms with Gasteiger partial charge in [-0.2, -0.15) is 5.10 Å². The normalized spacial score (nSPS) is 11.1. The van der Waals surface area contributed by atoms with Crippen molar-refractivity contribution in [1.82, 2.24) is 29.3 Å². The zero-order valence-electron chi connectivity index (χ0n) is 19.7. The molecule has 36 heavy (non-hydrogen) atoms. The molecule has 0 fully saturated rings. The molecule has 0 aliphatic rings. The Morgan fingerprint density at radius 1 is 1.17 bits per heavy atom. The van der Waals surface area contributed by atoms with E-state index in [1.807, 2.05) is 26.1 Å². The van der Waals surface area contributed by atoms with E-state index in [0.717, 1.165) is 10.4 Å². The Bertz CT molecular complexity index is 1610. The monoisotopic (exact) mass is 502 g/mol. The number of amides is 1. The molecule has 5 rings (SSSR count). The maximum atomic E-state index is 13.1. The molecule has 12 heteroatoms. The number of aromatic nitrogens is 6. The van der Waals surface area contributed by atoms with Crippen LogP contribution in [-0.2, 0) is 4.79 Å². The first-order valence-corrected chi connectivity index (χ1v) is 11.9. The third-order valence-electron chi connectivity index (χ3n) is 5.10. The second-order valence-corrected chi connectivity index (χ2v) is 9.19. The average molecular weight is 503 g/mol. The topological polar surface area (TPSA) is 129 Å². The number of pyridine rings is 3. The minimum Gasteiger partial charge on any atom is -0.439 e. The lowest BCUT2D eigenvalue weighted by molar-refractivity contribution is -0.114. The van der Waals surface area contributed by atoms with Crippen molar-refractivity contribution in [1.29, 1.82) is 0 Å². The standard InChI is InChI=1S/C24H22N8O3S/c1-14(2)31-13-16(32-8-4-6-27-32)9-18(23(31)34)29-24-30-19-12-26-22(11-20(19)36-24)35-17-5-7-25-21(10-17)28-15(3)33/h4-14H,1-3H3,(H,29,30)(H,25,28,33). The van der Waals surface area contributed by atoms with Crippen LogP contribution < -0.4 is 20.9 Å². The molecule has 182 valence electrons. The first-order chi connectivity index (χ1) is 17.4. The quantitative estimate of drug-likeness (QED) is 0.333. The lowest BCUT2D eigenvalue weighted by atomic mass is 10.3. The largest absolute Gasteiger partial charge is 0.439 e. The number of nitrogens with one attached hydrogen (secondary N) is 2. The molecule has 0 spiro atoms. The fourth-order valence-corrected chi connectivity index (χ4v) is 4.37. The van der Waals surface area contributed by atoms with Gasteiger partial charge in [-0.05, 0) is 32.0 Å². The number of nitrogens with zero attached hydrogens (tertiary/aromatic N) is 6. The summed E-state index contributed by atoms with van der Waals surface area (Å²) in [5.41, 5.74) is 1.65. The lowest BCUT2D eigenvalue weighted by Gasteiger charge is -2.14. The van der Waals surface area contributed by atoms with Gasteiger partial charge in [0.05, 0.1) is 16.6 Å². The maximum absolute atomic E-state index is 13.1. The van der Waals surface area contributed by atoms with Crippen molar-refractivity contribution in [2.45, 2.75) is 26.8 Å². The minimum atomic E-state index is -0.223. The van der Waals surface area contributed by atoms with E-state index in [4.69, 9.17) is 4.74 Å². The molecule has 0 radical (unpaired) electrons. The molecule has 5 aromatic heterocycles. The van der Waals surface area contributed by atoms with Crippen molar-refractivity contribution < 1.29 is 9.53 Å². The van der Waals surface area contributed by atoms with Crippen molar-refractivity contribution in [3.8, 4) is 17.3 Å². The molecule has 5 aromatic rings. The predicted octanol–water partition coefficient (Wildman–Crippen LogP) is 4.51. The van der Waals surface area contributed by atoms with E-state index in [1.54, 1.807) is 52.1 Å². The highest BCUT2D eigenvalue weighted by atomic mass is 32.1. The molecule has 5 heterocycles. The van der Waals surface area contributed by atoms with Gasteiger partial charge in [0.25, 0.3) is 5.56 Å². The fraction of sp³-hybridized carbons (Fsp3) is 0.167. The van der Waals surface area contributed by atoms with E-state index in [9.17, 15) is 9.59 Å². The Hall–Kier alpha value is -4.58. The summed E-state index contributed by atoms with van der Waals surface area (Å²) in [4.78, 5) is 37.3. The molecule has 0 unspecified atom stereocenters. The van der Waals surface area contributed by atoms with E-state index in [1.165, 1.54) is 24.5 Å². The third-order valence-corrected chi connectivity index (χ3v) is 6.04. The van der Waals surface area contributed by atoms with Crippen LogP contribution in [0, 0.1) is 0 Å². The van der Waals surface area contributed by atoms with Gasteiger partial charge in [-0.15, -0.1) is 0 Å². The Kier molecular flexibility index (Phi) is 6.17. The van der Waals surface area contributed by atoms with Crippen LogP contribution in [0.5, 0.6) is 11.6 Å². The molecule has 0 atom stereocenters. The molecule has 0 aliphatic carbocycles. The van der Waals surface area contributed by atoms with Crippen LogP contribution in [0.25, 0.3) is 15.9 Å². The summed E-state index contributed by atoms with van der Waals surface area (Å²) < 4.78 is 10.0. The Morgan fingerprint density at radius 3 is 2.78 bits per heavy atom. The van der Waals surface area contributed by atoms with Gasteiger partial charge in [-0.25, -0.2) is 19.6 Å². The van der Waals surface area contributed by atoms with Crippen LogP contribution in [-0.4, -0.2) is 35.2 Å². The van der Waals surface area contributed by atoms with Gasteiger partial charge in [-0.3, -0.25) is 9.59 Å². The van der Waals surface area contributed by atoms with Crippen molar-refractivity contribution in [2.24, 2.45) is 0 Å². The van der Waals surface area contributed by atoms with E-state index in [2.05, 4.69) is 30.7 Å². The molecule has 0 saturated carbocycles. The van der Waals surface area contributed by atoms with E-state index < -0.39 is 0 Å². The highest BCUT2D eigenvalue weighted by Crippen LogP contribution is 2.31. The molecule has 2 N–H and O–H groups in total. The SMILES string of the molecule is CC(=O)Nc1cc(Oc2cc3sc(Nc4cc(-n5cccn5)cn(C(C)C)c4=O)nc3cn2)ccn1. The summed E-state index contributed by atoms with van der Waals surface area (Å²) in [7, 11) is 0. The summed E-state index contributed by atoms with van der Waals surface area (Å²) in [6, 6.07) is 8.59. The summed E-state index contributed by atoms with van der Waals surface area (Å²) in [6.45, 7) is 5.31. The number of hydrogen-bond acceptors (Lipinski definition) is 9. The van der Waals surface area contributed by atoms with Crippen molar-refractivity contribution in [2.75, 3.05) is 10.6 Å². The second kappa shape index (κ2) is 9.58. The van der Waals surface area contributed by atoms with Crippen LogP contribution in [0.2, 0.25) is 0 Å². The summed E-state index contributed by atoms with van der Waals surface area (Å²) in [5, 5.41) is 10.6. The van der Waals surface area contributed by atoms with Crippen LogP contribution >= 0.6 is 11.3 Å². The van der Waals surface area contributed by atoms with Gasteiger partial charge < -0.3 is 19.9 Å². The van der Waals surface area contributed by atoms with Crippen molar-refractivity contribution in [3.05, 3.63) is 71.7 Å². The zero-order chi connectivity index (χ0) is 25.2. The van der Waals surface area contributed by atoms with E-state index in [-0.39, 0.29) is 17.5 Å². The molecule has 0 saturated heterocycles. The minimum absolute atomic E-state index is 0.0350. The van der Waals surface area contributed by atoms with Gasteiger partial charge in [0.2, 0.25) is 11.8 Å². The maximum Gasteiger partial charge on any atom is 0.274 e. The molecule has 0 bridgehead atoms. The summed E-state index contributed by atoms with van der Waals surface area (Å²) >= 11 is 1.37. The van der Waals surface area contributed by atoms with Crippen LogP contribution in [0.1, 0.15) is 26.8 Å². The number of thiazole rings is 1. The smallest absolute Gasteiger partial charge is 0.274 e. The number of carbonyl (C=O) groups is 1. The molecule has 11 nitrogen and oxygen atoms in total. The van der Waals surface area contributed by atoms with Crippen LogP contribution in [0.4, 0.5) is 16.6 Å². The van der Waals surface area contributed by atoms with Gasteiger partial charge >= 0.3 is 0 Å². The van der Waals surface area contributed by atoms with Crippen molar-refractivity contribution in [3.63, 3.8) is 0 Å². The van der Waals surface area contributed by atoms with E-state index in [0.29, 0.717) is 33.8 Å². The Balaban J connectivity index is 1.42. The molecule has 0 aromatic carbocycles. The molecule has 0 aliphatic heterocycles. The number of hydrogen-bond donors (Lipinski definition) is 2. The number of fused-ring (bicyclic) bond motifs is 1. The number of carbonyl (C=O) groups excluding carboxylic acids is 1. The molecular weight excluding hydrogens is 480 g/mol. The number of ether oxygens (including phenoxy) is 1. The summed E-state index contributed by atoms with van der Waals surface area (Å²) in [6.07, 6.45) is 8.43. The van der Waals surface area contributed by atoms with Crippen molar-refractivity contribution >= 4 is 44.1 Å². The highest BCUT2D eigenvalue weighted by Gasteiger charge is 2.14. The van der Waals surface area contributed by atoms with Gasteiger partial charge in [0.15, 0.2) is 5.13 Å². The number of rotatable bonds is 7. The average Bonchev–Trinajstić information content (AvgIpc) is 3.50. The molecule has 1 amide bonds. The lowest BCUT2D eigenvalue weighted by Crippen LogP contribution is -2.24. The van der Waals surface area contributed by atoms with Gasteiger partial charge in [0, 0.05) is 49.9 Å². The first kappa shape index (κ1) is 23.2. The Morgan fingerprint density at radius 2 is 2.03 bits per heavy atom. The zero-order valence-corrected chi connectivity index (χ0v) is 20.5. The second-order valence-electron chi connectivity index (χ2n) is 8.16. The Labute approximate surface area is 209 Å². The first-order valence-electron chi connectivity index (χ1n) is 11.1. The molecular formula is C24H22N8O3S. The number of anilines is 3.